The highest BCUT2D eigenvalue weighted by molar-refractivity contribution is 7.89. The lowest BCUT2D eigenvalue weighted by Crippen LogP contribution is -2.58. The fraction of sp³-hybridized carbons (Fsp3) is 0.514. The molecule has 10 nitrogen and oxygen atoms in total. The van der Waals surface area contributed by atoms with Crippen LogP contribution in [0.4, 0.5) is 5.69 Å². The van der Waals surface area contributed by atoms with E-state index in [-0.39, 0.29) is 11.4 Å². The van der Waals surface area contributed by atoms with Gasteiger partial charge in [0.05, 0.1) is 35.1 Å². The Morgan fingerprint density at radius 1 is 0.891 bits per heavy atom. The van der Waals surface area contributed by atoms with Gasteiger partial charge in [-0.1, -0.05) is 30.3 Å². The zero-order valence-electron chi connectivity index (χ0n) is 27.3. The predicted octanol–water partition coefficient (Wildman–Crippen LogP) is 4.28. The number of benzene rings is 2. The van der Waals surface area contributed by atoms with Crippen LogP contribution in [0.15, 0.2) is 65.8 Å². The van der Waals surface area contributed by atoms with Crippen LogP contribution < -0.4 is 4.90 Å². The van der Waals surface area contributed by atoms with E-state index in [1.807, 2.05) is 36.9 Å². The van der Waals surface area contributed by atoms with E-state index in [2.05, 4.69) is 51.0 Å². The van der Waals surface area contributed by atoms with Crippen LogP contribution in [0, 0.1) is 13.8 Å². The van der Waals surface area contributed by atoms with Crippen LogP contribution in [0.3, 0.4) is 0 Å². The molecule has 4 heterocycles. The van der Waals surface area contributed by atoms with E-state index >= 15 is 0 Å². The SMILES string of the molecule is Cc1ncnc(C)c1C(=O)N1CCC(C)(N2CCC(N(Cc3ccccc3)c3ccc(S(=O)(=O)N4CCOCC4)cc3)CC2)CC1. The normalized spacial score (nSPS) is 20.0. The molecule has 1 aromatic heterocycles. The smallest absolute Gasteiger partial charge is 0.257 e. The number of piperidine rings is 2. The van der Waals surface area contributed by atoms with E-state index in [1.54, 1.807) is 12.1 Å². The van der Waals surface area contributed by atoms with Gasteiger partial charge in [-0.2, -0.15) is 4.31 Å². The lowest BCUT2D eigenvalue weighted by molar-refractivity contribution is 0.0170. The predicted molar refractivity (Wildman–Crippen MR) is 178 cm³/mol. The summed E-state index contributed by atoms with van der Waals surface area (Å²) in [4.78, 5) is 29.3. The lowest BCUT2D eigenvalue weighted by atomic mass is 9.85. The Hall–Kier alpha value is -3.38. The molecule has 0 radical (unpaired) electrons. The second-order valence-corrected chi connectivity index (χ2v) is 15.0. The maximum atomic E-state index is 13.4. The van der Waals surface area contributed by atoms with E-state index in [9.17, 15) is 13.2 Å². The number of nitrogens with zero attached hydrogens (tertiary/aromatic N) is 6. The number of rotatable bonds is 8. The van der Waals surface area contributed by atoms with Gasteiger partial charge in [-0.3, -0.25) is 9.69 Å². The summed E-state index contributed by atoms with van der Waals surface area (Å²) in [5.41, 5.74) is 4.42. The third-order valence-corrected chi connectivity index (χ3v) is 12.1. The number of aryl methyl sites for hydroxylation is 2. The molecule has 3 aliphatic heterocycles. The molecule has 0 N–H and O–H groups in total. The molecule has 6 rings (SSSR count). The molecule has 46 heavy (non-hydrogen) atoms. The summed E-state index contributed by atoms with van der Waals surface area (Å²) in [5.74, 6) is 0.0386. The molecule has 246 valence electrons. The third-order valence-electron chi connectivity index (χ3n) is 10.2. The Bertz CT molecular complexity index is 1580. The minimum absolute atomic E-state index is 0.0386. The first-order valence-corrected chi connectivity index (χ1v) is 17.9. The van der Waals surface area contributed by atoms with Crippen molar-refractivity contribution >= 4 is 21.6 Å². The molecule has 0 unspecified atom stereocenters. The maximum absolute atomic E-state index is 13.4. The summed E-state index contributed by atoms with van der Waals surface area (Å²) in [5, 5.41) is 0. The van der Waals surface area contributed by atoms with Gasteiger partial charge in [0, 0.05) is 63.1 Å². The van der Waals surface area contributed by atoms with Crippen molar-refractivity contribution in [3.05, 3.63) is 83.4 Å². The van der Waals surface area contributed by atoms with Gasteiger partial charge in [-0.05, 0) is 76.3 Å². The molecule has 0 saturated carbocycles. The molecular formula is C35H46N6O4S. The number of amides is 1. The zero-order chi connectivity index (χ0) is 32.3. The van der Waals surface area contributed by atoms with Crippen LogP contribution in [0.1, 0.15) is 59.9 Å². The van der Waals surface area contributed by atoms with Crippen LogP contribution in [-0.4, -0.2) is 102 Å². The van der Waals surface area contributed by atoms with Crippen LogP contribution in [0.25, 0.3) is 0 Å². The number of hydrogen-bond acceptors (Lipinski definition) is 8. The average molecular weight is 647 g/mol. The van der Waals surface area contributed by atoms with E-state index in [1.165, 1.54) is 16.2 Å². The minimum Gasteiger partial charge on any atom is -0.379 e. The summed E-state index contributed by atoms with van der Waals surface area (Å²) >= 11 is 0. The summed E-state index contributed by atoms with van der Waals surface area (Å²) in [6.07, 6.45) is 5.41. The van der Waals surface area contributed by atoms with Crippen molar-refractivity contribution in [2.45, 2.75) is 69.5 Å². The molecule has 2 aromatic carbocycles. The van der Waals surface area contributed by atoms with Gasteiger partial charge in [0.1, 0.15) is 6.33 Å². The number of sulfonamides is 1. The van der Waals surface area contributed by atoms with Gasteiger partial charge in [-0.25, -0.2) is 18.4 Å². The minimum atomic E-state index is -3.55. The van der Waals surface area contributed by atoms with Gasteiger partial charge in [0.25, 0.3) is 5.91 Å². The number of hydrogen-bond donors (Lipinski definition) is 0. The van der Waals surface area contributed by atoms with E-state index in [0.29, 0.717) is 42.8 Å². The molecule has 3 fully saturated rings. The van der Waals surface area contributed by atoms with E-state index in [0.717, 1.165) is 75.5 Å². The van der Waals surface area contributed by atoms with Gasteiger partial charge in [0.15, 0.2) is 0 Å². The fourth-order valence-electron chi connectivity index (χ4n) is 7.24. The van der Waals surface area contributed by atoms with Crippen molar-refractivity contribution in [2.75, 3.05) is 57.4 Å². The van der Waals surface area contributed by atoms with Crippen molar-refractivity contribution in [3.63, 3.8) is 0 Å². The number of morpholine rings is 1. The maximum Gasteiger partial charge on any atom is 0.257 e. The Morgan fingerprint density at radius 2 is 1.50 bits per heavy atom. The number of ether oxygens (including phenoxy) is 1. The van der Waals surface area contributed by atoms with Crippen molar-refractivity contribution in [1.29, 1.82) is 0 Å². The Kier molecular flexibility index (Phi) is 9.75. The largest absolute Gasteiger partial charge is 0.379 e. The monoisotopic (exact) mass is 646 g/mol. The highest BCUT2D eigenvalue weighted by atomic mass is 32.2. The number of carbonyl (C=O) groups excluding carboxylic acids is 1. The molecule has 3 saturated heterocycles. The highest BCUT2D eigenvalue weighted by Gasteiger charge is 2.40. The van der Waals surface area contributed by atoms with Gasteiger partial charge in [-0.15, -0.1) is 0 Å². The van der Waals surface area contributed by atoms with E-state index in [4.69, 9.17) is 4.74 Å². The van der Waals surface area contributed by atoms with Crippen molar-refractivity contribution in [1.82, 2.24) is 24.1 Å². The first-order valence-electron chi connectivity index (χ1n) is 16.5. The van der Waals surface area contributed by atoms with Crippen LogP contribution in [0.5, 0.6) is 0 Å². The molecule has 11 heteroatoms. The Labute approximate surface area is 273 Å². The number of likely N-dealkylation sites (tertiary alicyclic amines) is 2. The summed E-state index contributed by atoms with van der Waals surface area (Å²) in [7, 11) is -3.55. The summed E-state index contributed by atoms with van der Waals surface area (Å²) in [6.45, 7) is 11.9. The quantitative estimate of drug-likeness (QED) is 0.358. The van der Waals surface area contributed by atoms with Gasteiger partial charge >= 0.3 is 0 Å². The number of aromatic nitrogens is 2. The Balaban J connectivity index is 1.12. The molecule has 3 aromatic rings. The van der Waals surface area contributed by atoms with Crippen molar-refractivity contribution < 1.29 is 17.9 Å². The van der Waals surface area contributed by atoms with Crippen molar-refractivity contribution in [3.8, 4) is 0 Å². The van der Waals surface area contributed by atoms with Crippen LogP contribution >= 0.6 is 0 Å². The molecular weight excluding hydrogens is 600 g/mol. The first kappa shape index (κ1) is 32.6. The number of carbonyl (C=O) groups is 1. The standard InChI is InChI=1S/C35H46N6O4S/c1-27-33(28(2)37-26-36-27)34(42)38-19-15-35(3,16-20-38)39-17-13-31(14-18-39)41(25-29-7-5-4-6-8-29)30-9-11-32(12-10-30)46(43,44)40-21-23-45-24-22-40/h4-12,26,31H,13-25H2,1-3H3. The van der Waals surface area contributed by atoms with Crippen molar-refractivity contribution in [2.24, 2.45) is 0 Å². The summed E-state index contributed by atoms with van der Waals surface area (Å²) in [6, 6.07) is 18.3. The second kappa shape index (κ2) is 13.8. The molecule has 3 aliphatic rings. The molecule has 0 aliphatic carbocycles. The second-order valence-electron chi connectivity index (χ2n) is 13.1. The van der Waals surface area contributed by atoms with Crippen LogP contribution in [0.2, 0.25) is 0 Å². The molecule has 0 spiro atoms. The van der Waals surface area contributed by atoms with Gasteiger partial charge in [0.2, 0.25) is 10.0 Å². The summed E-state index contributed by atoms with van der Waals surface area (Å²) < 4.78 is 33.4. The molecule has 1 amide bonds. The molecule has 0 bridgehead atoms. The van der Waals surface area contributed by atoms with Gasteiger partial charge < -0.3 is 14.5 Å². The van der Waals surface area contributed by atoms with Crippen LogP contribution in [-0.2, 0) is 21.3 Å². The van der Waals surface area contributed by atoms with E-state index < -0.39 is 10.0 Å². The molecule has 0 atom stereocenters. The lowest BCUT2D eigenvalue weighted by Gasteiger charge is -2.50. The first-order chi connectivity index (χ1) is 22.2. The number of anilines is 1. The topological polar surface area (TPSA) is 99.2 Å². The highest BCUT2D eigenvalue weighted by Crippen LogP contribution is 2.35. The Morgan fingerprint density at radius 3 is 2.11 bits per heavy atom. The zero-order valence-corrected chi connectivity index (χ0v) is 28.1. The third kappa shape index (κ3) is 6.83. The average Bonchev–Trinajstić information content (AvgIpc) is 3.08. The fourth-order valence-corrected chi connectivity index (χ4v) is 8.65.